The van der Waals surface area contributed by atoms with Gasteiger partial charge in [0.25, 0.3) is 5.91 Å². The number of halogens is 3. The Labute approximate surface area is 282 Å². The average molecular weight is 683 g/mol. The summed E-state index contributed by atoms with van der Waals surface area (Å²) in [5.74, 6) is 0.0568. The number of piperazine rings is 1. The molecule has 11 nitrogen and oxygen atoms in total. The number of nitrogens with zero attached hydrogens (tertiary/aromatic N) is 5. The van der Waals surface area contributed by atoms with Crippen molar-refractivity contribution >= 4 is 17.6 Å². The summed E-state index contributed by atoms with van der Waals surface area (Å²) in [6.07, 6.45) is -4.15. The van der Waals surface area contributed by atoms with E-state index in [4.69, 9.17) is 9.47 Å². The summed E-state index contributed by atoms with van der Waals surface area (Å²) in [5, 5.41) is 17.2. The first-order valence-corrected chi connectivity index (χ1v) is 15.9. The Balaban J connectivity index is 1.36. The van der Waals surface area contributed by atoms with Gasteiger partial charge in [0.2, 0.25) is 0 Å². The summed E-state index contributed by atoms with van der Waals surface area (Å²) in [6, 6.07) is 13.3. The highest BCUT2D eigenvalue weighted by atomic mass is 19.4. The SMILES string of the molecule is COc1ccc(-c2nc3c(C(=O)N4CCN([C@@H](CO)c5cccc(CNC(=O)OC(C)(C)C)c5)C[C@H]4C)cnn3c(C(F)(F)F)c2C)cc1. The fraction of sp³-hybridized carbons (Fsp3) is 0.429. The molecule has 1 fully saturated rings. The lowest BCUT2D eigenvalue weighted by atomic mass is 10.0. The molecule has 3 heterocycles. The molecule has 2 amide bonds. The third-order valence-electron chi connectivity index (χ3n) is 8.45. The fourth-order valence-electron chi connectivity index (χ4n) is 6.14. The van der Waals surface area contributed by atoms with Crippen molar-refractivity contribution in [2.75, 3.05) is 33.4 Å². The number of carbonyl (C=O) groups is 2. The minimum absolute atomic E-state index is 0.0375. The predicted molar refractivity (Wildman–Crippen MR) is 176 cm³/mol. The van der Waals surface area contributed by atoms with E-state index in [1.807, 2.05) is 31.2 Å². The number of alkyl carbamates (subject to hydrolysis) is 1. The molecular weight excluding hydrogens is 641 g/mol. The van der Waals surface area contributed by atoms with Crippen LogP contribution in [0.1, 0.15) is 66.5 Å². The number of methoxy groups -OCH3 is 1. The molecule has 0 saturated carbocycles. The highest BCUT2D eigenvalue weighted by Crippen LogP contribution is 2.37. The second-order valence-corrected chi connectivity index (χ2v) is 13.1. The maximum absolute atomic E-state index is 14.4. The maximum atomic E-state index is 14.4. The van der Waals surface area contributed by atoms with Gasteiger partial charge in [-0.2, -0.15) is 18.3 Å². The van der Waals surface area contributed by atoms with Gasteiger partial charge in [-0.3, -0.25) is 9.69 Å². The van der Waals surface area contributed by atoms with Crippen molar-refractivity contribution < 1.29 is 37.3 Å². The Bertz CT molecular complexity index is 1820. The number of benzene rings is 2. The molecule has 0 spiro atoms. The summed E-state index contributed by atoms with van der Waals surface area (Å²) in [4.78, 5) is 34.3. The number of alkyl halides is 3. The second-order valence-electron chi connectivity index (χ2n) is 13.1. The number of rotatable bonds is 8. The molecule has 262 valence electrons. The lowest BCUT2D eigenvalue weighted by molar-refractivity contribution is -0.143. The molecular formula is C35H41F3N6O5. The predicted octanol–water partition coefficient (Wildman–Crippen LogP) is 5.64. The number of fused-ring (bicyclic) bond motifs is 1. The fourth-order valence-corrected chi connectivity index (χ4v) is 6.14. The Morgan fingerprint density at radius 2 is 1.82 bits per heavy atom. The number of ether oxygens (including phenoxy) is 2. The van der Waals surface area contributed by atoms with Crippen molar-refractivity contribution in [2.24, 2.45) is 0 Å². The molecule has 2 atom stereocenters. The van der Waals surface area contributed by atoms with Gasteiger partial charge < -0.3 is 24.8 Å². The van der Waals surface area contributed by atoms with E-state index in [9.17, 15) is 27.9 Å². The van der Waals surface area contributed by atoms with Crippen LogP contribution in [-0.2, 0) is 17.5 Å². The van der Waals surface area contributed by atoms with Crippen LogP contribution in [0.25, 0.3) is 16.9 Å². The molecule has 49 heavy (non-hydrogen) atoms. The van der Waals surface area contributed by atoms with Crippen LogP contribution in [0.15, 0.2) is 54.7 Å². The molecule has 0 radical (unpaired) electrons. The molecule has 0 aliphatic carbocycles. The molecule has 5 rings (SSSR count). The first-order valence-electron chi connectivity index (χ1n) is 15.9. The number of nitrogens with one attached hydrogen (secondary N) is 1. The monoisotopic (exact) mass is 682 g/mol. The highest BCUT2D eigenvalue weighted by molar-refractivity contribution is 6.00. The third kappa shape index (κ3) is 7.81. The zero-order valence-corrected chi connectivity index (χ0v) is 28.3. The van der Waals surface area contributed by atoms with Gasteiger partial charge >= 0.3 is 12.3 Å². The van der Waals surface area contributed by atoms with E-state index in [0.29, 0.717) is 28.9 Å². The molecule has 1 aliphatic heterocycles. The number of hydrogen-bond donors (Lipinski definition) is 2. The van der Waals surface area contributed by atoms with Crippen molar-refractivity contribution in [1.82, 2.24) is 29.7 Å². The average Bonchev–Trinajstić information content (AvgIpc) is 3.45. The van der Waals surface area contributed by atoms with E-state index < -0.39 is 29.5 Å². The van der Waals surface area contributed by atoms with Gasteiger partial charge in [-0.1, -0.05) is 24.3 Å². The standard InChI is InChI=1S/C35H41F3N6O5/c1-21-19-42(28(20-45)25-9-7-8-23(16-25)17-39-33(47)49-34(3,4)5)14-15-43(21)32(46)27-18-40-44-30(35(36,37)38)22(2)29(41-31(27)44)24-10-12-26(48-6)13-11-24/h7-13,16,18,21,28,45H,14-15,17,19-20H2,1-6H3,(H,39,47)/t21-,28+/m1/s1. The Hall–Kier alpha value is -4.69. The maximum Gasteiger partial charge on any atom is 0.433 e. The Morgan fingerprint density at radius 3 is 2.43 bits per heavy atom. The molecule has 2 aromatic carbocycles. The number of aliphatic hydroxyl groups excluding tert-OH is 1. The number of amides is 2. The zero-order valence-electron chi connectivity index (χ0n) is 28.3. The smallest absolute Gasteiger partial charge is 0.433 e. The van der Waals surface area contributed by atoms with Crippen molar-refractivity contribution in [3.05, 3.63) is 82.7 Å². The lowest BCUT2D eigenvalue weighted by Gasteiger charge is -2.43. The highest BCUT2D eigenvalue weighted by Gasteiger charge is 2.40. The van der Waals surface area contributed by atoms with Crippen molar-refractivity contribution in [3.8, 4) is 17.0 Å². The Morgan fingerprint density at radius 1 is 1.10 bits per heavy atom. The number of aliphatic hydroxyl groups is 1. The molecule has 2 N–H and O–H groups in total. The van der Waals surface area contributed by atoms with E-state index >= 15 is 0 Å². The molecule has 0 bridgehead atoms. The van der Waals surface area contributed by atoms with Gasteiger partial charge in [-0.05, 0) is 70.0 Å². The summed E-state index contributed by atoms with van der Waals surface area (Å²) in [5.41, 5.74) is 0.220. The molecule has 14 heteroatoms. The number of carbonyl (C=O) groups excluding carboxylic acids is 2. The van der Waals surface area contributed by atoms with Crippen LogP contribution in [0, 0.1) is 6.92 Å². The van der Waals surface area contributed by atoms with Gasteiger partial charge in [0.15, 0.2) is 11.3 Å². The van der Waals surface area contributed by atoms with Crippen LogP contribution in [0.2, 0.25) is 0 Å². The molecule has 0 unspecified atom stereocenters. The van der Waals surface area contributed by atoms with Crippen LogP contribution in [0.3, 0.4) is 0 Å². The second kappa shape index (κ2) is 14.0. The number of aromatic nitrogens is 3. The quantitative estimate of drug-likeness (QED) is 0.245. The summed E-state index contributed by atoms with van der Waals surface area (Å²) < 4.78 is 54.5. The van der Waals surface area contributed by atoms with Crippen molar-refractivity contribution in [2.45, 2.75) is 65.0 Å². The first-order chi connectivity index (χ1) is 23.1. The minimum atomic E-state index is -4.76. The van der Waals surface area contributed by atoms with E-state index in [1.54, 1.807) is 49.9 Å². The number of hydrogen-bond acceptors (Lipinski definition) is 8. The van der Waals surface area contributed by atoms with Crippen molar-refractivity contribution in [3.63, 3.8) is 0 Å². The van der Waals surface area contributed by atoms with Crippen molar-refractivity contribution in [1.29, 1.82) is 0 Å². The van der Waals surface area contributed by atoms with E-state index in [2.05, 4.69) is 20.3 Å². The first kappa shape index (κ1) is 35.6. The van der Waals surface area contributed by atoms with Gasteiger partial charge in [0.1, 0.15) is 16.9 Å². The van der Waals surface area contributed by atoms with Gasteiger partial charge in [0, 0.05) is 43.3 Å². The van der Waals surface area contributed by atoms with E-state index in [-0.39, 0.29) is 54.2 Å². The van der Waals surface area contributed by atoms with Gasteiger partial charge in [-0.15, -0.1) is 0 Å². The lowest BCUT2D eigenvalue weighted by Crippen LogP contribution is -2.55. The normalized spacial score (nSPS) is 16.4. The summed E-state index contributed by atoms with van der Waals surface area (Å²) >= 11 is 0. The summed E-state index contributed by atoms with van der Waals surface area (Å²) in [6.45, 7) is 9.66. The van der Waals surface area contributed by atoms with Gasteiger partial charge in [-0.25, -0.2) is 14.3 Å². The summed E-state index contributed by atoms with van der Waals surface area (Å²) in [7, 11) is 1.49. The molecule has 2 aromatic heterocycles. The van der Waals surface area contributed by atoms with E-state index in [1.165, 1.54) is 14.0 Å². The zero-order chi connectivity index (χ0) is 35.7. The van der Waals surface area contributed by atoms with Crippen LogP contribution in [-0.4, -0.2) is 86.5 Å². The molecule has 4 aromatic rings. The van der Waals surface area contributed by atoms with E-state index in [0.717, 1.165) is 17.3 Å². The molecule has 1 aliphatic rings. The van der Waals surface area contributed by atoms with Crippen LogP contribution in [0.4, 0.5) is 18.0 Å². The third-order valence-corrected chi connectivity index (χ3v) is 8.45. The molecule has 1 saturated heterocycles. The topological polar surface area (TPSA) is 122 Å². The van der Waals surface area contributed by atoms with Crippen LogP contribution < -0.4 is 10.1 Å². The Kier molecular flexibility index (Phi) is 10.2. The van der Waals surface area contributed by atoms with Crippen LogP contribution >= 0.6 is 0 Å². The van der Waals surface area contributed by atoms with Gasteiger partial charge in [0.05, 0.1) is 31.6 Å². The minimum Gasteiger partial charge on any atom is -0.497 e. The largest absolute Gasteiger partial charge is 0.497 e. The van der Waals surface area contributed by atoms with Crippen LogP contribution in [0.5, 0.6) is 5.75 Å².